The molecule has 0 aromatic carbocycles. The molecule has 1 N–H and O–H groups in total. The first-order chi connectivity index (χ1) is 9.36. The SMILES string of the molecule is O=C(CCCCCc1cccs1)N1CCCNCC1. The molecule has 0 radical (unpaired) electrons. The molecule has 2 rings (SSSR count). The molecule has 1 amide bonds. The zero-order chi connectivity index (χ0) is 13.3. The summed E-state index contributed by atoms with van der Waals surface area (Å²) in [6.07, 6.45) is 6.38. The first kappa shape index (κ1) is 14.5. The third kappa shape index (κ3) is 5.33. The molecular weight excluding hydrogens is 256 g/mol. The van der Waals surface area contributed by atoms with Crippen molar-refractivity contribution in [3.8, 4) is 0 Å². The standard InChI is InChI=1S/C15H24N2OS/c18-15(17-11-5-9-16-10-12-17)8-3-1-2-6-14-7-4-13-19-14/h4,7,13,16H,1-3,5-6,8-12H2. The van der Waals surface area contributed by atoms with Crippen LogP contribution in [0.3, 0.4) is 0 Å². The Morgan fingerprint density at radius 1 is 1.26 bits per heavy atom. The number of rotatable bonds is 6. The van der Waals surface area contributed by atoms with Gasteiger partial charge in [0.05, 0.1) is 0 Å². The molecule has 0 spiro atoms. The number of hydrogen-bond acceptors (Lipinski definition) is 3. The van der Waals surface area contributed by atoms with Crippen LogP contribution in [0.15, 0.2) is 17.5 Å². The van der Waals surface area contributed by atoms with Gasteiger partial charge in [0.25, 0.3) is 0 Å². The van der Waals surface area contributed by atoms with Gasteiger partial charge in [-0.2, -0.15) is 0 Å². The van der Waals surface area contributed by atoms with E-state index in [1.165, 1.54) is 17.7 Å². The van der Waals surface area contributed by atoms with E-state index in [0.29, 0.717) is 5.91 Å². The molecule has 0 bridgehead atoms. The van der Waals surface area contributed by atoms with Crippen molar-refractivity contribution in [3.63, 3.8) is 0 Å². The Hall–Kier alpha value is -0.870. The highest BCUT2D eigenvalue weighted by atomic mass is 32.1. The van der Waals surface area contributed by atoms with Gasteiger partial charge in [-0.25, -0.2) is 0 Å². The van der Waals surface area contributed by atoms with Gasteiger partial charge in [0.15, 0.2) is 0 Å². The highest BCUT2D eigenvalue weighted by Crippen LogP contribution is 2.13. The summed E-state index contributed by atoms with van der Waals surface area (Å²) in [6.45, 7) is 3.81. The molecule has 4 heteroatoms. The van der Waals surface area contributed by atoms with Crippen molar-refractivity contribution in [2.24, 2.45) is 0 Å². The molecule has 3 nitrogen and oxygen atoms in total. The molecule has 1 saturated heterocycles. The molecule has 0 unspecified atom stereocenters. The van der Waals surface area contributed by atoms with E-state index in [2.05, 4.69) is 22.8 Å². The molecule has 1 aliphatic heterocycles. The van der Waals surface area contributed by atoms with Crippen molar-refractivity contribution in [1.82, 2.24) is 10.2 Å². The molecular formula is C15H24N2OS. The van der Waals surface area contributed by atoms with Gasteiger partial charge in [-0.1, -0.05) is 12.5 Å². The molecule has 1 aliphatic rings. The van der Waals surface area contributed by atoms with E-state index in [4.69, 9.17) is 0 Å². The third-order valence-corrected chi connectivity index (χ3v) is 4.52. The van der Waals surface area contributed by atoms with Crippen LogP contribution < -0.4 is 5.32 Å². The lowest BCUT2D eigenvalue weighted by Gasteiger charge is -2.19. The van der Waals surface area contributed by atoms with Crippen LogP contribution in [0.1, 0.15) is 37.0 Å². The van der Waals surface area contributed by atoms with Gasteiger partial charge in [-0.05, 0) is 43.7 Å². The van der Waals surface area contributed by atoms with E-state index in [1.54, 1.807) is 0 Å². The molecule has 1 aromatic rings. The summed E-state index contributed by atoms with van der Waals surface area (Å²) in [6, 6.07) is 4.30. The number of amides is 1. The number of nitrogens with one attached hydrogen (secondary N) is 1. The van der Waals surface area contributed by atoms with Crippen LogP contribution in [0, 0.1) is 0 Å². The first-order valence-corrected chi connectivity index (χ1v) is 8.25. The zero-order valence-electron chi connectivity index (χ0n) is 11.6. The molecule has 0 atom stereocenters. The first-order valence-electron chi connectivity index (χ1n) is 7.37. The maximum absolute atomic E-state index is 12.0. The van der Waals surface area contributed by atoms with Gasteiger partial charge >= 0.3 is 0 Å². The summed E-state index contributed by atoms with van der Waals surface area (Å²) in [5.74, 6) is 0.347. The molecule has 2 heterocycles. The van der Waals surface area contributed by atoms with Crippen LogP contribution in [0.2, 0.25) is 0 Å². The molecule has 19 heavy (non-hydrogen) atoms. The minimum Gasteiger partial charge on any atom is -0.341 e. The summed E-state index contributed by atoms with van der Waals surface area (Å²) < 4.78 is 0. The predicted molar refractivity (Wildman–Crippen MR) is 80.6 cm³/mol. The van der Waals surface area contributed by atoms with Gasteiger partial charge in [-0.3, -0.25) is 4.79 Å². The number of carbonyl (C=O) groups excluding carboxylic acids is 1. The summed E-state index contributed by atoms with van der Waals surface area (Å²) in [4.78, 5) is 15.5. The molecule has 0 saturated carbocycles. The summed E-state index contributed by atoms with van der Waals surface area (Å²) in [5.41, 5.74) is 0. The Bertz CT molecular complexity index is 356. The summed E-state index contributed by atoms with van der Waals surface area (Å²) in [7, 11) is 0. The Labute approximate surface area is 120 Å². The number of unbranched alkanes of at least 4 members (excludes halogenated alkanes) is 2. The minimum atomic E-state index is 0.347. The summed E-state index contributed by atoms with van der Waals surface area (Å²) in [5, 5.41) is 5.46. The molecule has 106 valence electrons. The van der Waals surface area contributed by atoms with Gasteiger partial charge < -0.3 is 10.2 Å². The second-order valence-electron chi connectivity index (χ2n) is 5.12. The number of aryl methyl sites for hydroxylation is 1. The van der Waals surface area contributed by atoms with E-state index in [-0.39, 0.29) is 0 Å². The van der Waals surface area contributed by atoms with Crippen LogP contribution in [0.25, 0.3) is 0 Å². The van der Waals surface area contributed by atoms with E-state index >= 15 is 0 Å². The molecule has 1 fully saturated rings. The van der Waals surface area contributed by atoms with Gasteiger partial charge in [0.1, 0.15) is 0 Å². The van der Waals surface area contributed by atoms with Gasteiger partial charge in [0.2, 0.25) is 5.91 Å². The summed E-state index contributed by atoms with van der Waals surface area (Å²) >= 11 is 1.83. The van der Waals surface area contributed by atoms with Crippen molar-refractivity contribution in [2.75, 3.05) is 26.2 Å². The minimum absolute atomic E-state index is 0.347. The number of hydrogen-bond donors (Lipinski definition) is 1. The third-order valence-electron chi connectivity index (χ3n) is 3.59. The maximum Gasteiger partial charge on any atom is 0.222 e. The van der Waals surface area contributed by atoms with E-state index in [0.717, 1.165) is 51.9 Å². The monoisotopic (exact) mass is 280 g/mol. The Morgan fingerprint density at radius 3 is 3.05 bits per heavy atom. The molecule has 1 aromatic heterocycles. The average Bonchev–Trinajstić information content (AvgIpc) is 2.78. The average molecular weight is 280 g/mol. The second kappa shape index (κ2) is 8.33. The van der Waals surface area contributed by atoms with E-state index in [9.17, 15) is 4.79 Å². The maximum atomic E-state index is 12.0. The lowest BCUT2D eigenvalue weighted by molar-refractivity contribution is -0.131. The highest BCUT2D eigenvalue weighted by Gasteiger charge is 2.14. The van der Waals surface area contributed by atoms with Crippen LogP contribution in [0.5, 0.6) is 0 Å². The fourth-order valence-corrected chi connectivity index (χ4v) is 3.21. The second-order valence-corrected chi connectivity index (χ2v) is 6.16. The van der Waals surface area contributed by atoms with Crippen molar-refractivity contribution in [2.45, 2.75) is 38.5 Å². The van der Waals surface area contributed by atoms with Crippen LogP contribution in [-0.2, 0) is 11.2 Å². The van der Waals surface area contributed by atoms with Gasteiger partial charge in [-0.15, -0.1) is 11.3 Å². The molecule has 0 aliphatic carbocycles. The topological polar surface area (TPSA) is 32.3 Å². The van der Waals surface area contributed by atoms with E-state index in [1.807, 2.05) is 16.2 Å². The van der Waals surface area contributed by atoms with Crippen LogP contribution in [-0.4, -0.2) is 37.0 Å². The van der Waals surface area contributed by atoms with Gasteiger partial charge in [0, 0.05) is 30.9 Å². The van der Waals surface area contributed by atoms with Crippen molar-refractivity contribution in [3.05, 3.63) is 22.4 Å². The number of thiophene rings is 1. The lowest BCUT2D eigenvalue weighted by atomic mass is 10.1. The van der Waals surface area contributed by atoms with Crippen LogP contribution in [0.4, 0.5) is 0 Å². The Balaban J connectivity index is 1.55. The predicted octanol–water partition coefficient (Wildman–Crippen LogP) is 2.67. The highest BCUT2D eigenvalue weighted by molar-refractivity contribution is 7.09. The quantitative estimate of drug-likeness (QED) is 0.813. The lowest BCUT2D eigenvalue weighted by Crippen LogP contribution is -2.33. The van der Waals surface area contributed by atoms with Crippen LogP contribution >= 0.6 is 11.3 Å². The van der Waals surface area contributed by atoms with E-state index < -0.39 is 0 Å². The fourth-order valence-electron chi connectivity index (χ4n) is 2.46. The normalized spacial score (nSPS) is 16.3. The zero-order valence-corrected chi connectivity index (χ0v) is 12.4. The van der Waals surface area contributed by atoms with Crippen molar-refractivity contribution in [1.29, 1.82) is 0 Å². The number of nitrogens with zero attached hydrogens (tertiary/aromatic N) is 1. The fraction of sp³-hybridized carbons (Fsp3) is 0.667. The number of carbonyl (C=O) groups is 1. The van der Waals surface area contributed by atoms with Crippen molar-refractivity contribution < 1.29 is 4.79 Å². The Kier molecular flexibility index (Phi) is 6.37. The Morgan fingerprint density at radius 2 is 2.21 bits per heavy atom. The largest absolute Gasteiger partial charge is 0.341 e. The smallest absolute Gasteiger partial charge is 0.222 e. The van der Waals surface area contributed by atoms with Crippen molar-refractivity contribution >= 4 is 17.2 Å².